The molecule has 5 nitrogen and oxygen atoms in total. The topological polar surface area (TPSA) is 49.2 Å². The van der Waals surface area contributed by atoms with Gasteiger partial charge in [-0.25, -0.2) is 4.68 Å². The summed E-state index contributed by atoms with van der Waals surface area (Å²) in [7, 11) is -2.98. The minimum absolute atomic E-state index is 0.159. The summed E-state index contributed by atoms with van der Waals surface area (Å²) in [5.74, 6) is 0. The molecule has 2 aromatic heterocycles. The van der Waals surface area contributed by atoms with Crippen molar-refractivity contribution in [1.29, 1.82) is 0 Å². The van der Waals surface area contributed by atoms with Gasteiger partial charge in [-0.15, -0.1) is 0 Å². The lowest BCUT2D eigenvalue weighted by Gasteiger charge is -2.36. The van der Waals surface area contributed by atoms with Crippen LogP contribution in [0, 0.1) is 0 Å². The number of hydrogen-bond acceptors (Lipinski definition) is 4. The van der Waals surface area contributed by atoms with E-state index in [0.717, 1.165) is 34.1 Å². The Morgan fingerprint density at radius 3 is 2.24 bits per heavy atom. The van der Waals surface area contributed by atoms with E-state index in [0.29, 0.717) is 13.3 Å². The molecule has 0 spiro atoms. The van der Waals surface area contributed by atoms with Crippen molar-refractivity contribution in [3.8, 4) is 11.3 Å². The van der Waals surface area contributed by atoms with Gasteiger partial charge in [-0.3, -0.25) is 4.98 Å². The summed E-state index contributed by atoms with van der Waals surface area (Å²) < 4.78 is 15.3. The number of nitrogens with zero attached hydrogens (tertiary/aromatic N) is 3. The summed E-state index contributed by atoms with van der Waals surface area (Å²) in [4.78, 5) is 4.14. The molecule has 0 aromatic carbocycles. The smallest absolute Gasteiger partial charge is 0.192 e. The van der Waals surface area contributed by atoms with E-state index in [2.05, 4.69) is 74.4 Å². The van der Waals surface area contributed by atoms with Crippen molar-refractivity contribution in [2.75, 3.05) is 6.61 Å². The van der Waals surface area contributed by atoms with Gasteiger partial charge in [0.15, 0.2) is 8.32 Å². The van der Waals surface area contributed by atoms with Crippen LogP contribution < -0.4 is 0 Å². The molecular weight excluding hydrogens is 462 g/mol. The van der Waals surface area contributed by atoms with Crippen LogP contribution in [-0.4, -0.2) is 37.8 Å². The minimum atomic E-state index is -1.87. The fourth-order valence-corrected chi connectivity index (χ4v) is 4.61. The lowest BCUT2D eigenvalue weighted by atomic mass is 10.1. The second-order valence-electron chi connectivity index (χ2n) is 10.3. The van der Waals surface area contributed by atoms with E-state index in [4.69, 9.17) is 14.3 Å². The highest BCUT2D eigenvalue weighted by Gasteiger charge is 2.37. The van der Waals surface area contributed by atoms with E-state index in [9.17, 15) is 0 Å². The van der Waals surface area contributed by atoms with Gasteiger partial charge in [0, 0.05) is 38.2 Å². The van der Waals surface area contributed by atoms with Crippen molar-refractivity contribution in [3.63, 3.8) is 0 Å². The lowest BCUT2D eigenvalue weighted by molar-refractivity contribution is 0.0769. The van der Waals surface area contributed by atoms with Crippen molar-refractivity contribution in [1.82, 2.24) is 14.8 Å². The average molecular weight is 499 g/mol. The maximum absolute atomic E-state index is 6.51. The molecule has 2 heterocycles. The molecule has 0 amide bonds. The molecule has 162 valence electrons. The first kappa shape index (κ1) is 24.5. The fraction of sp³-hybridized carbons (Fsp3) is 0.619. The zero-order valence-corrected chi connectivity index (χ0v) is 22.8. The molecule has 0 saturated carbocycles. The zero-order chi connectivity index (χ0) is 21.9. The highest BCUT2D eigenvalue weighted by Crippen LogP contribution is 2.38. The Hall–Kier alpha value is -0.806. The van der Waals surface area contributed by atoms with Crippen molar-refractivity contribution >= 4 is 32.3 Å². The van der Waals surface area contributed by atoms with Crippen molar-refractivity contribution < 1.29 is 9.16 Å². The number of ether oxygens (including phenoxy) is 1. The quantitative estimate of drug-likeness (QED) is 0.291. The molecule has 0 atom stereocenters. The SMILES string of the molecule is CC(C)(C)[Si](C)(C)OCc1c(-c2ccncc2)nn(COCC[Si](C)(C)C)c1Br. The maximum Gasteiger partial charge on any atom is 0.192 e. The number of rotatable bonds is 9. The van der Waals surface area contributed by atoms with Gasteiger partial charge in [-0.1, -0.05) is 40.4 Å². The predicted octanol–water partition coefficient (Wildman–Crippen LogP) is 6.54. The first-order valence-corrected chi connectivity index (χ1v) is 17.6. The monoisotopic (exact) mass is 497 g/mol. The summed E-state index contributed by atoms with van der Waals surface area (Å²) >= 11 is 3.76. The van der Waals surface area contributed by atoms with E-state index >= 15 is 0 Å². The number of hydrogen-bond donors (Lipinski definition) is 0. The largest absolute Gasteiger partial charge is 0.412 e. The first-order chi connectivity index (χ1) is 13.3. The number of pyridine rings is 1. The van der Waals surface area contributed by atoms with Gasteiger partial charge in [0.05, 0.1) is 12.3 Å². The average Bonchev–Trinajstić information content (AvgIpc) is 2.92. The molecule has 29 heavy (non-hydrogen) atoms. The Kier molecular flexibility index (Phi) is 8.06. The van der Waals surface area contributed by atoms with Crippen LogP contribution in [0.25, 0.3) is 11.3 Å². The second-order valence-corrected chi connectivity index (χ2v) is 21.4. The standard InChI is InChI=1S/C21H36BrN3O2Si2/c1-21(2,3)29(7,8)27-15-18-19(17-9-11-23-12-10-17)24-25(20(18)22)16-26-13-14-28(4,5)6/h9-12H,13-16H2,1-8H3. The molecule has 2 aromatic rings. The fourth-order valence-electron chi connectivity index (χ4n) is 2.43. The number of aromatic nitrogens is 3. The maximum atomic E-state index is 6.51. The molecule has 0 N–H and O–H groups in total. The van der Waals surface area contributed by atoms with Crippen molar-refractivity contribution in [3.05, 3.63) is 34.7 Å². The van der Waals surface area contributed by atoms with Crippen LogP contribution in [0.3, 0.4) is 0 Å². The third kappa shape index (κ3) is 6.85. The first-order valence-electron chi connectivity index (χ1n) is 10.2. The van der Waals surface area contributed by atoms with Gasteiger partial charge in [-0.05, 0) is 52.2 Å². The summed E-state index contributed by atoms with van der Waals surface area (Å²) in [5.41, 5.74) is 3.02. The lowest BCUT2D eigenvalue weighted by Crippen LogP contribution is -2.40. The highest BCUT2D eigenvalue weighted by atomic mass is 79.9. The minimum Gasteiger partial charge on any atom is -0.412 e. The third-order valence-corrected chi connectivity index (χ3v) is 12.6. The Labute approximate surface area is 186 Å². The van der Waals surface area contributed by atoms with Crippen LogP contribution in [0.4, 0.5) is 0 Å². The van der Waals surface area contributed by atoms with Gasteiger partial charge in [0.1, 0.15) is 11.3 Å². The van der Waals surface area contributed by atoms with Crippen LogP contribution >= 0.6 is 15.9 Å². The van der Waals surface area contributed by atoms with Gasteiger partial charge in [-0.2, -0.15) is 5.10 Å². The van der Waals surface area contributed by atoms with Gasteiger partial charge in [0.2, 0.25) is 0 Å². The van der Waals surface area contributed by atoms with Crippen LogP contribution in [0.15, 0.2) is 29.1 Å². The van der Waals surface area contributed by atoms with E-state index in [1.807, 2.05) is 16.8 Å². The van der Waals surface area contributed by atoms with E-state index < -0.39 is 16.4 Å². The number of halogens is 1. The predicted molar refractivity (Wildman–Crippen MR) is 129 cm³/mol. The van der Waals surface area contributed by atoms with Crippen LogP contribution in [0.1, 0.15) is 26.3 Å². The molecule has 0 bridgehead atoms. The van der Waals surface area contributed by atoms with Crippen molar-refractivity contribution in [2.24, 2.45) is 0 Å². The molecular formula is C21H36BrN3O2Si2. The van der Waals surface area contributed by atoms with Gasteiger partial charge in [0.25, 0.3) is 0 Å². The van der Waals surface area contributed by atoms with E-state index in [-0.39, 0.29) is 5.04 Å². The molecule has 8 heteroatoms. The highest BCUT2D eigenvalue weighted by molar-refractivity contribution is 9.10. The third-order valence-electron chi connectivity index (χ3n) is 5.53. The second kappa shape index (κ2) is 9.55. The van der Waals surface area contributed by atoms with E-state index in [1.54, 1.807) is 12.4 Å². The van der Waals surface area contributed by atoms with Crippen LogP contribution in [-0.2, 0) is 22.5 Å². The van der Waals surface area contributed by atoms with Gasteiger partial charge < -0.3 is 9.16 Å². The molecule has 0 aliphatic carbocycles. The van der Waals surface area contributed by atoms with E-state index in [1.165, 1.54) is 0 Å². The Morgan fingerprint density at radius 1 is 1.07 bits per heavy atom. The van der Waals surface area contributed by atoms with Gasteiger partial charge >= 0.3 is 0 Å². The van der Waals surface area contributed by atoms with Crippen molar-refractivity contribution in [2.45, 2.75) is 77.9 Å². The molecule has 2 rings (SSSR count). The molecule has 0 fully saturated rings. The summed E-state index contributed by atoms with van der Waals surface area (Å²) in [6.07, 6.45) is 3.59. The summed E-state index contributed by atoms with van der Waals surface area (Å²) in [6.45, 7) is 20.1. The molecule has 0 aliphatic heterocycles. The Morgan fingerprint density at radius 2 is 1.69 bits per heavy atom. The zero-order valence-electron chi connectivity index (χ0n) is 19.2. The Bertz CT molecular complexity index is 797. The van der Waals surface area contributed by atoms with Crippen LogP contribution in [0.2, 0.25) is 43.8 Å². The molecule has 0 radical (unpaired) electrons. The molecule has 0 aliphatic rings. The summed E-state index contributed by atoms with van der Waals surface area (Å²) in [5, 5.41) is 5.00. The molecule has 0 unspecified atom stereocenters. The summed E-state index contributed by atoms with van der Waals surface area (Å²) in [6, 6.07) is 5.12. The Balaban J connectivity index is 2.25. The van der Waals surface area contributed by atoms with Crippen LogP contribution in [0.5, 0.6) is 0 Å². The molecule has 0 saturated heterocycles. The normalized spacial score (nSPS) is 13.1.